The molecular formula is C12H23O5+. The maximum absolute atomic E-state index is 9.27. The van der Waals surface area contributed by atoms with Crippen molar-refractivity contribution in [3.63, 3.8) is 0 Å². The molecule has 0 bridgehead atoms. The van der Waals surface area contributed by atoms with E-state index in [1.807, 2.05) is 0 Å². The van der Waals surface area contributed by atoms with Gasteiger partial charge in [-0.25, -0.2) is 0 Å². The zero-order valence-electron chi connectivity index (χ0n) is 10.8. The molecule has 0 aromatic heterocycles. The van der Waals surface area contributed by atoms with Crippen LogP contribution in [0.15, 0.2) is 0 Å². The van der Waals surface area contributed by atoms with Gasteiger partial charge in [-0.1, -0.05) is 0 Å². The molecule has 0 saturated heterocycles. The van der Waals surface area contributed by atoms with Gasteiger partial charge in [0.15, 0.2) is 0 Å². The molecule has 0 aromatic rings. The second kappa shape index (κ2) is 6.33. The first kappa shape index (κ1) is 14.4. The third-order valence-electron chi connectivity index (χ3n) is 2.93. The first-order valence-electron chi connectivity index (χ1n) is 6.09. The molecule has 0 spiro atoms. The molecule has 5 nitrogen and oxygen atoms in total. The summed E-state index contributed by atoms with van der Waals surface area (Å²) in [7, 11) is 1.57. The van der Waals surface area contributed by atoms with Crippen LogP contribution in [0.5, 0.6) is 0 Å². The molecule has 2 unspecified atom stereocenters. The van der Waals surface area contributed by atoms with Gasteiger partial charge in [-0.05, 0) is 26.7 Å². The first-order valence-corrected chi connectivity index (χ1v) is 6.09. The van der Waals surface area contributed by atoms with Crippen molar-refractivity contribution < 1.29 is 24.4 Å². The first-order chi connectivity index (χ1) is 7.97. The lowest BCUT2D eigenvalue weighted by Crippen LogP contribution is -2.32. The Morgan fingerprint density at radius 3 is 2.53 bits per heavy atom. The average molecular weight is 247 g/mol. The fourth-order valence-corrected chi connectivity index (χ4v) is 1.76. The van der Waals surface area contributed by atoms with Gasteiger partial charge in [-0.3, -0.25) is 0 Å². The fraction of sp³-hybridized carbons (Fsp3) is 0.917. The quantitative estimate of drug-likeness (QED) is 0.522. The summed E-state index contributed by atoms with van der Waals surface area (Å²) in [6.45, 7) is 3.48. The summed E-state index contributed by atoms with van der Waals surface area (Å²) in [5.41, 5.74) is 0. The third kappa shape index (κ3) is 4.61. The molecule has 5 heteroatoms. The van der Waals surface area contributed by atoms with Crippen LogP contribution in [0.25, 0.3) is 0 Å². The van der Waals surface area contributed by atoms with E-state index in [-0.39, 0.29) is 12.2 Å². The number of hydrogen-bond donors (Lipinski definition) is 2. The molecule has 0 aromatic carbocycles. The van der Waals surface area contributed by atoms with Gasteiger partial charge in [0.1, 0.15) is 6.42 Å². The summed E-state index contributed by atoms with van der Waals surface area (Å²) in [4.78, 5) is 5.23. The number of ether oxygens (including phenoxy) is 1. The van der Waals surface area contributed by atoms with Gasteiger partial charge in [0.25, 0.3) is 0 Å². The van der Waals surface area contributed by atoms with Gasteiger partial charge in [0.05, 0.1) is 18.6 Å². The lowest BCUT2D eigenvalue weighted by Gasteiger charge is -2.18. The summed E-state index contributed by atoms with van der Waals surface area (Å²) in [5, 5.41) is 18.5. The van der Waals surface area contributed by atoms with Crippen LogP contribution >= 0.6 is 0 Å². The minimum absolute atomic E-state index is 0.346. The highest BCUT2D eigenvalue weighted by molar-refractivity contribution is 5.80. The van der Waals surface area contributed by atoms with Crippen LogP contribution in [0.4, 0.5) is 0 Å². The van der Waals surface area contributed by atoms with Gasteiger partial charge < -0.3 is 14.9 Å². The van der Waals surface area contributed by atoms with Gasteiger partial charge in [0.2, 0.25) is 0 Å². The van der Waals surface area contributed by atoms with Crippen LogP contribution in [0, 0.1) is 0 Å². The summed E-state index contributed by atoms with van der Waals surface area (Å²) < 4.78 is 10.5. The average Bonchev–Trinajstić information content (AvgIpc) is 2.68. The Kier molecular flexibility index (Phi) is 5.36. The van der Waals surface area contributed by atoms with E-state index >= 15 is 0 Å². The molecule has 0 amide bonds. The molecule has 0 aliphatic carbocycles. The maximum atomic E-state index is 9.27. The Morgan fingerprint density at radius 2 is 2.00 bits per heavy atom. The van der Waals surface area contributed by atoms with Gasteiger partial charge in [-0.15, -0.1) is 4.89 Å². The van der Waals surface area contributed by atoms with E-state index in [0.717, 1.165) is 5.78 Å². The standard InChI is InChI=1S/C12H23O5/c1-9(13)4-5-11-8-12(15-3,17-16-11)7-6-10(2)14/h9-10,13-14H,4-8H2,1-3H3/q+1/t9?,10?,12-/m1/s1. The number of aliphatic hydroxyl groups excluding tert-OH is 2. The molecule has 3 atom stereocenters. The van der Waals surface area contributed by atoms with Crippen molar-refractivity contribution >= 4 is 5.78 Å². The number of carbonyl (C=O) groups excluding carboxylic acids is 1. The van der Waals surface area contributed by atoms with Crippen molar-refractivity contribution in [3.8, 4) is 0 Å². The molecule has 0 saturated carbocycles. The summed E-state index contributed by atoms with van der Waals surface area (Å²) >= 11 is 0. The van der Waals surface area contributed by atoms with Crippen LogP contribution in [-0.4, -0.2) is 41.1 Å². The Labute approximate surface area is 102 Å². The van der Waals surface area contributed by atoms with Crippen molar-refractivity contribution in [1.82, 2.24) is 0 Å². The number of aliphatic hydroxyl groups is 2. The Balaban J connectivity index is 2.41. The van der Waals surface area contributed by atoms with E-state index < -0.39 is 5.79 Å². The lowest BCUT2D eigenvalue weighted by molar-refractivity contribution is -0.779. The van der Waals surface area contributed by atoms with Crippen LogP contribution < -0.4 is 0 Å². The third-order valence-corrected chi connectivity index (χ3v) is 2.93. The molecular weight excluding hydrogens is 224 g/mol. The molecule has 1 rings (SSSR count). The Hall–Kier alpha value is -0.650. The van der Waals surface area contributed by atoms with Crippen molar-refractivity contribution in [2.24, 2.45) is 0 Å². The minimum atomic E-state index is -0.773. The lowest BCUT2D eigenvalue weighted by atomic mass is 9.99. The maximum Gasteiger partial charge on any atom is 0.392 e. The Bertz CT molecular complexity index is 262. The monoisotopic (exact) mass is 247 g/mol. The van der Waals surface area contributed by atoms with E-state index in [4.69, 9.17) is 14.2 Å². The summed E-state index contributed by atoms with van der Waals surface area (Å²) in [6.07, 6.45) is 2.32. The number of methoxy groups -OCH3 is 1. The predicted molar refractivity (Wildman–Crippen MR) is 62.3 cm³/mol. The van der Waals surface area contributed by atoms with Crippen LogP contribution in [0.3, 0.4) is 0 Å². The summed E-state index contributed by atoms with van der Waals surface area (Å²) in [5.74, 6) is 0.0173. The molecule has 1 aliphatic heterocycles. The SMILES string of the molecule is CO[C@@]1(CCC(C)O)CC(CCC(C)O)=[O+]O1. The second-order valence-corrected chi connectivity index (χ2v) is 4.77. The van der Waals surface area contributed by atoms with Gasteiger partial charge >= 0.3 is 11.6 Å². The van der Waals surface area contributed by atoms with Gasteiger partial charge in [0, 0.05) is 18.1 Å². The van der Waals surface area contributed by atoms with Crippen LogP contribution in [0.1, 0.15) is 46.0 Å². The van der Waals surface area contributed by atoms with E-state index in [1.54, 1.807) is 21.0 Å². The number of rotatable bonds is 7. The second-order valence-electron chi connectivity index (χ2n) is 4.77. The smallest absolute Gasteiger partial charge is 0.392 e. The normalized spacial score (nSPS) is 27.5. The largest absolute Gasteiger partial charge is 0.393 e. The Morgan fingerprint density at radius 1 is 1.35 bits per heavy atom. The van der Waals surface area contributed by atoms with Crippen molar-refractivity contribution in [1.29, 1.82) is 0 Å². The topological polar surface area (TPSA) is 70.2 Å². The van der Waals surface area contributed by atoms with Crippen LogP contribution in [-0.2, 0) is 14.2 Å². The molecule has 0 radical (unpaired) electrons. The predicted octanol–water partition coefficient (Wildman–Crippen LogP) is 1.09. The molecule has 1 heterocycles. The van der Waals surface area contributed by atoms with Crippen molar-refractivity contribution in [2.45, 2.75) is 63.9 Å². The zero-order chi connectivity index (χ0) is 12.9. The summed E-state index contributed by atoms with van der Waals surface area (Å²) in [6, 6.07) is 0. The van der Waals surface area contributed by atoms with Crippen molar-refractivity contribution in [3.05, 3.63) is 0 Å². The highest BCUT2D eigenvalue weighted by Crippen LogP contribution is 2.29. The highest BCUT2D eigenvalue weighted by Gasteiger charge is 2.49. The zero-order valence-corrected chi connectivity index (χ0v) is 10.8. The fourth-order valence-electron chi connectivity index (χ4n) is 1.76. The molecule has 100 valence electrons. The van der Waals surface area contributed by atoms with Crippen molar-refractivity contribution in [2.75, 3.05) is 7.11 Å². The van der Waals surface area contributed by atoms with Crippen LogP contribution in [0.2, 0.25) is 0 Å². The number of hydrogen-bond acceptors (Lipinski definition) is 4. The molecule has 2 N–H and O–H groups in total. The van der Waals surface area contributed by atoms with E-state index in [9.17, 15) is 10.2 Å². The van der Waals surface area contributed by atoms with E-state index in [2.05, 4.69) is 0 Å². The highest BCUT2D eigenvalue weighted by atomic mass is 17.2. The minimum Gasteiger partial charge on any atom is -0.393 e. The molecule has 17 heavy (non-hydrogen) atoms. The molecule has 1 aliphatic rings. The van der Waals surface area contributed by atoms with Gasteiger partial charge in [-0.2, -0.15) is 0 Å². The molecule has 0 fully saturated rings. The van der Waals surface area contributed by atoms with E-state index in [0.29, 0.717) is 32.1 Å². The number of ketones is 1. The van der Waals surface area contributed by atoms with E-state index in [1.165, 1.54) is 0 Å².